The Hall–Kier alpha value is -2.86. The van der Waals surface area contributed by atoms with Gasteiger partial charge in [0.25, 0.3) is 0 Å². The number of allylic oxidation sites excluding steroid dienone is 1. The lowest BCUT2D eigenvalue weighted by Crippen LogP contribution is -1.99. The second kappa shape index (κ2) is 6.33. The summed E-state index contributed by atoms with van der Waals surface area (Å²) < 4.78 is 5.67. The quantitative estimate of drug-likeness (QED) is 0.744. The predicted molar refractivity (Wildman–Crippen MR) is 95.9 cm³/mol. The van der Waals surface area contributed by atoms with Gasteiger partial charge in [-0.2, -0.15) is 0 Å². The van der Waals surface area contributed by atoms with Crippen molar-refractivity contribution in [1.82, 2.24) is 19.9 Å². The van der Waals surface area contributed by atoms with Crippen LogP contribution in [0.2, 0.25) is 0 Å². The van der Waals surface area contributed by atoms with Crippen molar-refractivity contribution in [3.63, 3.8) is 0 Å². The zero-order valence-corrected chi connectivity index (χ0v) is 14.1. The molecule has 3 aromatic heterocycles. The third kappa shape index (κ3) is 3.09. The Bertz CT molecular complexity index is 938. The third-order valence-corrected chi connectivity index (χ3v) is 3.62. The molecule has 0 amide bonds. The van der Waals surface area contributed by atoms with Crippen molar-refractivity contribution in [1.29, 1.82) is 0 Å². The number of halogens is 1. The van der Waals surface area contributed by atoms with Crippen molar-refractivity contribution in [2.75, 3.05) is 5.73 Å². The number of hydrogen-bond acceptors (Lipinski definition) is 5. The van der Waals surface area contributed by atoms with E-state index in [0.29, 0.717) is 39.4 Å². The summed E-state index contributed by atoms with van der Waals surface area (Å²) in [7, 11) is 0. The molecule has 0 atom stereocenters. The minimum Gasteiger partial charge on any atom is -0.460 e. The second-order valence-electron chi connectivity index (χ2n) is 5.30. The van der Waals surface area contributed by atoms with Crippen molar-refractivity contribution in [2.24, 2.45) is 0 Å². The van der Waals surface area contributed by atoms with Crippen molar-refractivity contribution < 1.29 is 4.42 Å². The molecule has 7 heteroatoms. The van der Waals surface area contributed by atoms with Crippen LogP contribution in [0.1, 0.15) is 29.8 Å². The average molecular weight is 342 g/mol. The van der Waals surface area contributed by atoms with E-state index < -0.39 is 0 Å². The Morgan fingerprint density at radius 3 is 2.83 bits per heavy atom. The number of aromatic nitrogens is 4. The zero-order valence-electron chi connectivity index (χ0n) is 13.3. The molecular formula is C17H16ClN5O. The Morgan fingerprint density at radius 1 is 1.38 bits per heavy atom. The number of anilines is 1. The SMILES string of the molecule is C=C(Cl)c1[nH]cnc1/C=C(\C)c1ncc(N)nc1-c1ccc(C)o1. The maximum Gasteiger partial charge on any atom is 0.154 e. The first-order valence-corrected chi connectivity index (χ1v) is 7.59. The highest BCUT2D eigenvalue weighted by atomic mass is 35.5. The number of rotatable bonds is 4. The van der Waals surface area contributed by atoms with E-state index in [-0.39, 0.29) is 0 Å². The van der Waals surface area contributed by atoms with Crippen molar-refractivity contribution in [3.05, 3.63) is 54.1 Å². The first kappa shape index (κ1) is 16.0. The highest BCUT2D eigenvalue weighted by molar-refractivity contribution is 6.48. The van der Waals surface area contributed by atoms with Crippen molar-refractivity contribution in [2.45, 2.75) is 13.8 Å². The summed E-state index contributed by atoms with van der Waals surface area (Å²) in [5.74, 6) is 1.72. The largest absolute Gasteiger partial charge is 0.460 e. The molecule has 0 aliphatic carbocycles. The fraction of sp³-hybridized carbons (Fsp3) is 0.118. The van der Waals surface area contributed by atoms with E-state index in [1.54, 1.807) is 6.33 Å². The number of H-pyrrole nitrogens is 1. The molecule has 24 heavy (non-hydrogen) atoms. The van der Waals surface area contributed by atoms with Crippen LogP contribution in [0.5, 0.6) is 0 Å². The van der Waals surface area contributed by atoms with Crippen LogP contribution in [0.15, 0.2) is 35.7 Å². The van der Waals surface area contributed by atoms with Crippen LogP contribution in [-0.4, -0.2) is 19.9 Å². The summed E-state index contributed by atoms with van der Waals surface area (Å²) in [6, 6.07) is 3.71. The molecule has 122 valence electrons. The third-order valence-electron chi connectivity index (χ3n) is 3.43. The molecule has 0 aliphatic heterocycles. The number of nitrogen functional groups attached to an aromatic ring is 1. The Labute approximate surface area is 144 Å². The van der Waals surface area contributed by atoms with Gasteiger partial charge in [0, 0.05) is 0 Å². The number of aromatic amines is 1. The van der Waals surface area contributed by atoms with E-state index in [1.807, 2.05) is 32.1 Å². The number of nitrogens with one attached hydrogen (secondary N) is 1. The number of imidazole rings is 1. The fourth-order valence-corrected chi connectivity index (χ4v) is 2.48. The number of hydrogen-bond donors (Lipinski definition) is 2. The van der Waals surface area contributed by atoms with Crippen LogP contribution >= 0.6 is 11.6 Å². The lowest BCUT2D eigenvalue weighted by atomic mass is 10.1. The zero-order chi connectivity index (χ0) is 17.3. The Morgan fingerprint density at radius 2 is 2.17 bits per heavy atom. The second-order valence-corrected chi connectivity index (χ2v) is 5.75. The van der Waals surface area contributed by atoms with Crippen molar-refractivity contribution in [3.8, 4) is 11.5 Å². The van der Waals surface area contributed by atoms with Crippen LogP contribution in [0, 0.1) is 6.92 Å². The van der Waals surface area contributed by atoms with Gasteiger partial charge in [-0.05, 0) is 37.6 Å². The van der Waals surface area contributed by atoms with Gasteiger partial charge in [-0.3, -0.25) is 4.98 Å². The number of nitrogens with zero attached hydrogens (tertiary/aromatic N) is 3. The molecule has 0 spiro atoms. The van der Waals surface area contributed by atoms with E-state index in [1.165, 1.54) is 6.20 Å². The average Bonchev–Trinajstić information content (AvgIpc) is 3.16. The van der Waals surface area contributed by atoms with Gasteiger partial charge in [-0.15, -0.1) is 0 Å². The lowest BCUT2D eigenvalue weighted by molar-refractivity contribution is 0.546. The Balaban J connectivity index is 2.10. The Kier molecular flexibility index (Phi) is 4.22. The van der Waals surface area contributed by atoms with Gasteiger partial charge in [0.1, 0.15) is 17.3 Å². The summed E-state index contributed by atoms with van der Waals surface area (Å²) in [5.41, 5.74) is 9.21. The predicted octanol–water partition coefficient (Wildman–Crippen LogP) is 4.12. The van der Waals surface area contributed by atoms with E-state index in [9.17, 15) is 0 Å². The summed E-state index contributed by atoms with van der Waals surface area (Å²) >= 11 is 5.98. The summed E-state index contributed by atoms with van der Waals surface area (Å²) in [6.45, 7) is 7.50. The van der Waals surface area contributed by atoms with E-state index in [0.717, 1.165) is 11.3 Å². The van der Waals surface area contributed by atoms with Crippen LogP contribution < -0.4 is 5.73 Å². The molecule has 0 saturated heterocycles. The maximum atomic E-state index is 5.98. The molecule has 0 saturated carbocycles. The minimum absolute atomic E-state index is 0.324. The smallest absolute Gasteiger partial charge is 0.154 e. The van der Waals surface area contributed by atoms with Crippen LogP contribution in [-0.2, 0) is 0 Å². The summed E-state index contributed by atoms with van der Waals surface area (Å²) in [6.07, 6.45) is 4.93. The minimum atomic E-state index is 0.324. The molecule has 3 rings (SSSR count). The van der Waals surface area contributed by atoms with Gasteiger partial charge in [0.2, 0.25) is 0 Å². The summed E-state index contributed by atoms with van der Waals surface area (Å²) in [4.78, 5) is 16.0. The van der Waals surface area contributed by atoms with Gasteiger partial charge < -0.3 is 15.1 Å². The molecule has 3 aromatic rings. The molecule has 0 fully saturated rings. The molecule has 3 N–H and O–H groups in total. The molecule has 0 aromatic carbocycles. The van der Waals surface area contributed by atoms with Gasteiger partial charge >= 0.3 is 0 Å². The number of nitrogens with two attached hydrogens (primary N) is 1. The molecule has 0 unspecified atom stereocenters. The summed E-state index contributed by atoms with van der Waals surface area (Å²) in [5, 5.41) is 0.386. The molecule has 3 heterocycles. The highest BCUT2D eigenvalue weighted by Gasteiger charge is 2.15. The number of furan rings is 1. The highest BCUT2D eigenvalue weighted by Crippen LogP contribution is 2.29. The van der Waals surface area contributed by atoms with Gasteiger partial charge in [0.15, 0.2) is 5.76 Å². The lowest BCUT2D eigenvalue weighted by Gasteiger charge is -2.07. The van der Waals surface area contributed by atoms with Crippen LogP contribution in [0.25, 0.3) is 28.1 Å². The molecule has 0 radical (unpaired) electrons. The molecule has 6 nitrogen and oxygen atoms in total. The van der Waals surface area contributed by atoms with E-state index >= 15 is 0 Å². The van der Waals surface area contributed by atoms with Crippen LogP contribution in [0.4, 0.5) is 5.82 Å². The van der Waals surface area contributed by atoms with Gasteiger partial charge in [-0.25, -0.2) is 9.97 Å². The van der Waals surface area contributed by atoms with E-state index in [4.69, 9.17) is 21.8 Å². The van der Waals surface area contributed by atoms with E-state index in [2.05, 4.69) is 26.5 Å². The molecule has 0 aliphatic rings. The fourth-order valence-electron chi connectivity index (χ4n) is 2.33. The molecule has 0 bridgehead atoms. The maximum absolute atomic E-state index is 5.98. The number of aryl methyl sites for hydroxylation is 1. The van der Waals surface area contributed by atoms with Crippen molar-refractivity contribution >= 4 is 34.1 Å². The topological polar surface area (TPSA) is 93.6 Å². The van der Waals surface area contributed by atoms with Crippen LogP contribution in [0.3, 0.4) is 0 Å². The van der Waals surface area contributed by atoms with Gasteiger partial charge in [-0.1, -0.05) is 18.2 Å². The monoisotopic (exact) mass is 341 g/mol. The molecular weight excluding hydrogens is 326 g/mol. The first-order valence-electron chi connectivity index (χ1n) is 7.22. The van der Waals surface area contributed by atoms with Gasteiger partial charge in [0.05, 0.1) is 34.6 Å². The standard InChI is InChI=1S/C17H16ClN5O/c1-9(6-12-16(11(3)18)22-8-21-12)15-17(23-14(19)7-20-15)13-5-4-10(2)24-13/h4-8H,3H2,1-2H3,(H2,19,23)(H,21,22)/b9-6+. The normalized spacial score (nSPS) is 11.7. The first-order chi connectivity index (χ1) is 11.5.